The molecular formula is C20H19Cl2N3O2. The Morgan fingerprint density at radius 2 is 1.96 bits per heavy atom. The number of fused-ring (bicyclic) bond motifs is 1. The van der Waals surface area contributed by atoms with Crippen molar-refractivity contribution in [2.24, 2.45) is 0 Å². The van der Waals surface area contributed by atoms with Crippen molar-refractivity contribution in [1.29, 1.82) is 0 Å². The Morgan fingerprint density at radius 1 is 1.22 bits per heavy atom. The van der Waals surface area contributed by atoms with Crippen LogP contribution in [0.25, 0.3) is 10.9 Å². The Hall–Kier alpha value is -2.37. The zero-order valence-electron chi connectivity index (χ0n) is 15.0. The Morgan fingerprint density at radius 3 is 2.70 bits per heavy atom. The first-order valence-electron chi connectivity index (χ1n) is 8.54. The molecule has 0 aliphatic rings. The maximum absolute atomic E-state index is 12.7. The molecule has 1 amide bonds. The summed E-state index contributed by atoms with van der Waals surface area (Å²) in [5.41, 5.74) is 1.43. The highest BCUT2D eigenvalue weighted by molar-refractivity contribution is 6.35. The van der Waals surface area contributed by atoms with E-state index in [1.807, 2.05) is 31.2 Å². The number of benzene rings is 2. The summed E-state index contributed by atoms with van der Waals surface area (Å²) < 4.78 is 1.68. The van der Waals surface area contributed by atoms with Crippen molar-refractivity contribution in [2.45, 2.75) is 25.9 Å². The first-order chi connectivity index (χ1) is 12.9. The van der Waals surface area contributed by atoms with E-state index in [2.05, 4.69) is 5.10 Å². The van der Waals surface area contributed by atoms with Crippen molar-refractivity contribution < 1.29 is 4.79 Å². The van der Waals surface area contributed by atoms with Crippen molar-refractivity contribution in [2.75, 3.05) is 7.05 Å². The molecule has 140 valence electrons. The quantitative estimate of drug-likeness (QED) is 0.637. The minimum Gasteiger partial charge on any atom is -0.339 e. The summed E-state index contributed by atoms with van der Waals surface area (Å²) in [5.74, 6) is -0.0434. The van der Waals surface area contributed by atoms with Crippen LogP contribution in [0.5, 0.6) is 0 Å². The summed E-state index contributed by atoms with van der Waals surface area (Å²) >= 11 is 12.2. The van der Waals surface area contributed by atoms with Gasteiger partial charge in [0.25, 0.3) is 0 Å². The lowest BCUT2D eigenvalue weighted by Crippen LogP contribution is -2.30. The molecule has 1 unspecified atom stereocenters. The highest BCUT2D eigenvalue weighted by Gasteiger charge is 2.20. The smallest absolute Gasteiger partial charge is 0.224 e. The summed E-state index contributed by atoms with van der Waals surface area (Å²) in [5, 5.41) is 5.84. The van der Waals surface area contributed by atoms with Gasteiger partial charge in [-0.3, -0.25) is 14.3 Å². The van der Waals surface area contributed by atoms with Crippen LogP contribution >= 0.6 is 23.2 Å². The standard InChI is InChI=1S/C20H19Cl2N3O2/c1-13(15-8-7-14(21)11-17(15)22)24(2)20(27)9-10-25-18-6-4-3-5-16(18)19(26)12-23-25/h3-8,11-13H,9-10H2,1-2H3. The summed E-state index contributed by atoms with van der Waals surface area (Å²) in [7, 11) is 1.74. The number of amides is 1. The second kappa shape index (κ2) is 8.11. The maximum Gasteiger partial charge on any atom is 0.224 e. The van der Waals surface area contributed by atoms with E-state index < -0.39 is 0 Å². The molecule has 0 aliphatic carbocycles. The molecule has 3 aromatic rings. The van der Waals surface area contributed by atoms with E-state index in [9.17, 15) is 9.59 Å². The highest BCUT2D eigenvalue weighted by Crippen LogP contribution is 2.29. The second-order valence-corrected chi connectivity index (χ2v) is 7.19. The average Bonchev–Trinajstić information content (AvgIpc) is 2.66. The number of carbonyl (C=O) groups excluding carboxylic acids is 1. The van der Waals surface area contributed by atoms with E-state index >= 15 is 0 Å². The molecule has 0 bridgehead atoms. The average molecular weight is 404 g/mol. The van der Waals surface area contributed by atoms with E-state index in [0.29, 0.717) is 27.5 Å². The predicted octanol–water partition coefficient (Wildman–Crippen LogP) is 4.31. The SMILES string of the molecule is CC(c1ccc(Cl)cc1Cl)N(C)C(=O)CCn1ncc(=O)c2ccccc21. The van der Waals surface area contributed by atoms with Gasteiger partial charge >= 0.3 is 0 Å². The fourth-order valence-electron chi connectivity index (χ4n) is 2.98. The van der Waals surface area contributed by atoms with Crippen LogP contribution in [0.4, 0.5) is 0 Å². The Labute approximate surface area is 167 Å². The second-order valence-electron chi connectivity index (χ2n) is 6.35. The number of rotatable bonds is 5. The van der Waals surface area contributed by atoms with Gasteiger partial charge in [0.05, 0.1) is 24.3 Å². The first kappa shape index (κ1) is 19.4. The van der Waals surface area contributed by atoms with Crippen molar-refractivity contribution in [3.63, 3.8) is 0 Å². The number of hydrogen-bond acceptors (Lipinski definition) is 3. The number of nitrogens with zero attached hydrogens (tertiary/aromatic N) is 3. The molecule has 1 aromatic heterocycles. The molecule has 5 nitrogen and oxygen atoms in total. The molecule has 0 fully saturated rings. The molecule has 0 saturated heterocycles. The summed E-state index contributed by atoms with van der Waals surface area (Å²) in [6, 6.07) is 12.3. The third-order valence-corrected chi connectivity index (χ3v) is 5.25. The lowest BCUT2D eigenvalue weighted by Gasteiger charge is -2.26. The molecule has 27 heavy (non-hydrogen) atoms. The van der Waals surface area contributed by atoms with Gasteiger partial charge in [-0.05, 0) is 36.8 Å². The molecule has 0 radical (unpaired) electrons. The van der Waals surface area contributed by atoms with Crippen LogP contribution in [-0.2, 0) is 11.3 Å². The number of hydrogen-bond donors (Lipinski definition) is 0. The van der Waals surface area contributed by atoms with E-state index in [4.69, 9.17) is 23.2 Å². The summed E-state index contributed by atoms with van der Waals surface area (Å²) in [6.45, 7) is 2.30. The molecule has 7 heteroatoms. The van der Waals surface area contributed by atoms with Gasteiger partial charge in [0, 0.05) is 28.9 Å². The zero-order valence-corrected chi connectivity index (χ0v) is 16.5. The molecule has 0 spiro atoms. The van der Waals surface area contributed by atoms with Gasteiger partial charge in [0.1, 0.15) is 0 Å². The van der Waals surface area contributed by atoms with E-state index in [0.717, 1.165) is 5.56 Å². The van der Waals surface area contributed by atoms with Gasteiger partial charge in [-0.1, -0.05) is 41.4 Å². The van der Waals surface area contributed by atoms with E-state index in [1.54, 1.807) is 34.8 Å². The fourth-order valence-corrected chi connectivity index (χ4v) is 3.55. The van der Waals surface area contributed by atoms with Crippen LogP contribution in [0, 0.1) is 0 Å². The number of aromatic nitrogens is 2. The van der Waals surface area contributed by atoms with Crippen LogP contribution < -0.4 is 5.43 Å². The molecule has 0 aliphatic heterocycles. The van der Waals surface area contributed by atoms with Gasteiger partial charge < -0.3 is 4.90 Å². The van der Waals surface area contributed by atoms with E-state index in [-0.39, 0.29) is 23.8 Å². The zero-order chi connectivity index (χ0) is 19.6. The van der Waals surface area contributed by atoms with E-state index in [1.165, 1.54) is 6.20 Å². The number of carbonyl (C=O) groups is 1. The lowest BCUT2D eigenvalue weighted by molar-refractivity contribution is -0.132. The Balaban J connectivity index is 1.74. The summed E-state index contributed by atoms with van der Waals surface area (Å²) in [6.07, 6.45) is 1.54. The third-order valence-electron chi connectivity index (χ3n) is 4.69. The molecule has 1 atom stereocenters. The van der Waals surface area contributed by atoms with Gasteiger partial charge in [0.2, 0.25) is 11.3 Å². The number of aryl methyl sites for hydroxylation is 1. The predicted molar refractivity (Wildman–Crippen MR) is 108 cm³/mol. The van der Waals surface area contributed by atoms with Crippen LogP contribution in [0.2, 0.25) is 10.0 Å². The molecule has 2 aromatic carbocycles. The van der Waals surface area contributed by atoms with Crippen LogP contribution in [0.1, 0.15) is 24.9 Å². The number of halogens is 2. The topological polar surface area (TPSA) is 55.2 Å². The largest absolute Gasteiger partial charge is 0.339 e. The molecule has 1 heterocycles. The maximum atomic E-state index is 12.7. The highest BCUT2D eigenvalue weighted by atomic mass is 35.5. The van der Waals surface area contributed by atoms with Crippen molar-refractivity contribution in [3.05, 3.63) is 74.5 Å². The van der Waals surface area contributed by atoms with Gasteiger partial charge in [-0.15, -0.1) is 0 Å². The van der Waals surface area contributed by atoms with Crippen LogP contribution in [0.15, 0.2) is 53.5 Å². The third kappa shape index (κ3) is 4.15. The first-order valence-corrected chi connectivity index (χ1v) is 9.29. The normalized spacial score (nSPS) is 12.1. The monoisotopic (exact) mass is 403 g/mol. The van der Waals surface area contributed by atoms with Crippen molar-refractivity contribution in [3.8, 4) is 0 Å². The molecule has 0 saturated carbocycles. The Bertz CT molecular complexity index is 1050. The fraction of sp³-hybridized carbons (Fsp3) is 0.250. The van der Waals surface area contributed by atoms with Crippen LogP contribution in [-0.4, -0.2) is 27.6 Å². The Kier molecular flexibility index (Phi) is 5.82. The minimum absolute atomic E-state index is 0.0434. The lowest BCUT2D eigenvalue weighted by atomic mass is 10.1. The van der Waals surface area contributed by atoms with Crippen molar-refractivity contribution in [1.82, 2.24) is 14.7 Å². The summed E-state index contributed by atoms with van der Waals surface area (Å²) in [4.78, 5) is 26.2. The molecule has 0 N–H and O–H groups in total. The molecular weight excluding hydrogens is 385 g/mol. The van der Waals surface area contributed by atoms with Gasteiger partial charge in [0.15, 0.2) is 0 Å². The van der Waals surface area contributed by atoms with Gasteiger partial charge in [-0.2, -0.15) is 5.10 Å². The minimum atomic E-state index is -0.194. The van der Waals surface area contributed by atoms with Gasteiger partial charge in [-0.25, -0.2) is 0 Å². The van der Waals surface area contributed by atoms with Crippen molar-refractivity contribution >= 4 is 40.0 Å². The molecule has 3 rings (SSSR count). The van der Waals surface area contributed by atoms with Crippen LogP contribution in [0.3, 0.4) is 0 Å². The number of para-hydroxylation sites is 1.